The highest BCUT2D eigenvalue weighted by Gasteiger charge is 2.15. The SMILES string of the molecule is NCc1ccc(NC(=O)c2cc(-c3cnn4cc(-c5cccnc5)cnc34)cs2)cc1. The molecule has 5 rings (SSSR count). The van der Waals surface area contributed by atoms with E-state index in [0.29, 0.717) is 11.4 Å². The molecule has 0 bridgehead atoms. The predicted octanol–water partition coefficient (Wildman–Crippen LogP) is 4.23. The lowest BCUT2D eigenvalue weighted by Gasteiger charge is -2.04. The van der Waals surface area contributed by atoms with Crippen LogP contribution in [0.25, 0.3) is 27.9 Å². The maximum absolute atomic E-state index is 12.6. The molecular weight excluding hydrogens is 408 g/mol. The van der Waals surface area contributed by atoms with Gasteiger partial charge in [-0.15, -0.1) is 11.3 Å². The lowest BCUT2D eigenvalue weighted by atomic mass is 10.1. The molecule has 0 atom stereocenters. The number of amides is 1. The standard InChI is InChI=1S/C23H18N6OS/c24-9-15-3-5-19(6-4-15)28-23(30)21-8-17(14-31-21)20-12-27-29-13-18(11-26-22(20)29)16-2-1-7-25-10-16/h1-8,10-14H,9,24H2,(H,28,30). The highest BCUT2D eigenvalue weighted by atomic mass is 32.1. The van der Waals surface area contributed by atoms with Crippen molar-refractivity contribution in [2.75, 3.05) is 5.32 Å². The number of fused-ring (bicyclic) bond motifs is 1. The fraction of sp³-hybridized carbons (Fsp3) is 0.0435. The van der Waals surface area contributed by atoms with E-state index >= 15 is 0 Å². The molecule has 0 unspecified atom stereocenters. The second-order valence-corrected chi connectivity index (χ2v) is 7.88. The summed E-state index contributed by atoms with van der Waals surface area (Å²) in [6.45, 7) is 0.472. The van der Waals surface area contributed by atoms with Crippen LogP contribution in [-0.4, -0.2) is 25.5 Å². The number of carbonyl (C=O) groups excluding carboxylic acids is 1. The van der Waals surface area contributed by atoms with Crippen molar-refractivity contribution in [3.8, 4) is 22.3 Å². The summed E-state index contributed by atoms with van der Waals surface area (Å²) in [7, 11) is 0. The van der Waals surface area contributed by atoms with Gasteiger partial charge in [0.25, 0.3) is 5.91 Å². The zero-order valence-corrected chi connectivity index (χ0v) is 17.2. The van der Waals surface area contributed by atoms with Crippen molar-refractivity contribution in [1.29, 1.82) is 0 Å². The fourth-order valence-electron chi connectivity index (χ4n) is 3.27. The van der Waals surface area contributed by atoms with Crippen LogP contribution in [0.5, 0.6) is 0 Å². The molecule has 0 aliphatic heterocycles. The second kappa shape index (κ2) is 8.10. The number of aromatic nitrogens is 4. The Morgan fingerprint density at radius 1 is 1.06 bits per heavy atom. The average molecular weight is 427 g/mol. The van der Waals surface area contributed by atoms with Crippen LogP contribution in [0.3, 0.4) is 0 Å². The van der Waals surface area contributed by atoms with Gasteiger partial charge in [0.1, 0.15) is 0 Å². The third kappa shape index (κ3) is 3.81. The van der Waals surface area contributed by atoms with Crippen LogP contribution in [-0.2, 0) is 6.54 Å². The summed E-state index contributed by atoms with van der Waals surface area (Å²) in [5.41, 5.74) is 11.8. The molecule has 5 aromatic rings. The predicted molar refractivity (Wildman–Crippen MR) is 122 cm³/mol. The molecule has 0 spiro atoms. The Bertz CT molecular complexity index is 1360. The normalized spacial score (nSPS) is 11.0. The molecule has 152 valence electrons. The number of nitrogens with two attached hydrogens (primary N) is 1. The molecule has 0 saturated carbocycles. The first-order valence-electron chi connectivity index (χ1n) is 9.64. The monoisotopic (exact) mass is 426 g/mol. The van der Waals surface area contributed by atoms with Gasteiger partial charge in [0.15, 0.2) is 5.65 Å². The number of anilines is 1. The number of hydrogen-bond donors (Lipinski definition) is 2. The van der Waals surface area contributed by atoms with E-state index in [4.69, 9.17) is 5.73 Å². The Balaban J connectivity index is 1.39. The summed E-state index contributed by atoms with van der Waals surface area (Å²) in [6, 6.07) is 13.2. The highest BCUT2D eigenvalue weighted by molar-refractivity contribution is 7.12. The van der Waals surface area contributed by atoms with Crippen LogP contribution in [0.1, 0.15) is 15.2 Å². The molecule has 1 amide bonds. The Morgan fingerprint density at radius 3 is 2.71 bits per heavy atom. The van der Waals surface area contributed by atoms with Crippen LogP contribution in [0.2, 0.25) is 0 Å². The van der Waals surface area contributed by atoms with Gasteiger partial charge in [-0.05, 0) is 40.8 Å². The molecular formula is C23H18N6OS. The van der Waals surface area contributed by atoms with Gasteiger partial charge < -0.3 is 11.1 Å². The zero-order valence-electron chi connectivity index (χ0n) is 16.4. The van der Waals surface area contributed by atoms with Crippen LogP contribution < -0.4 is 11.1 Å². The average Bonchev–Trinajstić information content (AvgIpc) is 3.47. The number of rotatable bonds is 5. The lowest BCUT2D eigenvalue weighted by molar-refractivity contribution is 0.103. The molecule has 1 aromatic carbocycles. The Labute approximate surface area is 182 Å². The van der Waals surface area contributed by atoms with Crippen molar-refractivity contribution < 1.29 is 4.79 Å². The van der Waals surface area contributed by atoms with Crippen LogP contribution in [0.15, 0.2) is 78.8 Å². The maximum Gasteiger partial charge on any atom is 0.265 e. The molecule has 0 saturated heterocycles. The molecule has 7 nitrogen and oxygen atoms in total. The van der Waals surface area contributed by atoms with E-state index in [9.17, 15) is 4.79 Å². The van der Waals surface area contributed by atoms with E-state index in [1.54, 1.807) is 23.1 Å². The van der Waals surface area contributed by atoms with E-state index < -0.39 is 0 Å². The number of pyridine rings is 1. The summed E-state index contributed by atoms with van der Waals surface area (Å²) in [4.78, 5) is 22.0. The summed E-state index contributed by atoms with van der Waals surface area (Å²) >= 11 is 1.39. The minimum atomic E-state index is -0.153. The van der Waals surface area contributed by atoms with Crippen molar-refractivity contribution in [2.45, 2.75) is 6.54 Å². The van der Waals surface area contributed by atoms with Gasteiger partial charge in [0.2, 0.25) is 0 Å². The van der Waals surface area contributed by atoms with E-state index in [1.807, 2.05) is 60.2 Å². The Hall–Kier alpha value is -3.88. The number of nitrogens with one attached hydrogen (secondary N) is 1. The molecule has 0 fully saturated rings. The number of hydrogen-bond acceptors (Lipinski definition) is 6. The molecule has 4 heterocycles. The second-order valence-electron chi connectivity index (χ2n) is 6.97. The van der Waals surface area contributed by atoms with E-state index in [-0.39, 0.29) is 5.91 Å². The number of thiophene rings is 1. The largest absolute Gasteiger partial charge is 0.326 e. The summed E-state index contributed by atoms with van der Waals surface area (Å²) in [5.74, 6) is -0.153. The quantitative estimate of drug-likeness (QED) is 0.438. The smallest absolute Gasteiger partial charge is 0.265 e. The minimum absolute atomic E-state index is 0.153. The van der Waals surface area contributed by atoms with Crippen LogP contribution >= 0.6 is 11.3 Å². The minimum Gasteiger partial charge on any atom is -0.326 e. The molecule has 0 radical (unpaired) electrons. The molecule has 0 aliphatic carbocycles. The summed E-state index contributed by atoms with van der Waals surface area (Å²) < 4.78 is 1.74. The number of benzene rings is 1. The first kappa shape index (κ1) is 19.1. The lowest BCUT2D eigenvalue weighted by Crippen LogP contribution is -2.10. The third-order valence-corrected chi connectivity index (χ3v) is 5.86. The van der Waals surface area contributed by atoms with Gasteiger partial charge in [-0.1, -0.05) is 18.2 Å². The topological polar surface area (TPSA) is 98.2 Å². The summed E-state index contributed by atoms with van der Waals surface area (Å²) in [5, 5.41) is 9.31. The first-order chi connectivity index (χ1) is 15.2. The zero-order chi connectivity index (χ0) is 21.2. The fourth-order valence-corrected chi connectivity index (χ4v) is 4.08. The van der Waals surface area contributed by atoms with Gasteiger partial charge in [0.05, 0.1) is 11.1 Å². The van der Waals surface area contributed by atoms with E-state index in [0.717, 1.165) is 39.2 Å². The van der Waals surface area contributed by atoms with Crippen molar-refractivity contribution in [3.63, 3.8) is 0 Å². The summed E-state index contributed by atoms with van der Waals surface area (Å²) in [6.07, 6.45) is 9.03. The number of nitrogens with zero attached hydrogens (tertiary/aromatic N) is 4. The first-order valence-corrected chi connectivity index (χ1v) is 10.5. The molecule has 0 aliphatic rings. The van der Waals surface area contributed by atoms with Crippen LogP contribution in [0, 0.1) is 0 Å². The van der Waals surface area contributed by atoms with Gasteiger partial charge in [-0.25, -0.2) is 9.50 Å². The van der Waals surface area contributed by atoms with Crippen molar-refractivity contribution in [3.05, 3.63) is 89.3 Å². The van der Waals surface area contributed by atoms with Gasteiger partial charge in [0, 0.05) is 53.7 Å². The molecule has 3 N–H and O–H groups in total. The van der Waals surface area contributed by atoms with E-state index in [1.165, 1.54) is 11.3 Å². The molecule has 8 heteroatoms. The Morgan fingerprint density at radius 2 is 1.94 bits per heavy atom. The van der Waals surface area contributed by atoms with Crippen molar-refractivity contribution in [1.82, 2.24) is 19.6 Å². The van der Waals surface area contributed by atoms with Crippen LogP contribution in [0.4, 0.5) is 5.69 Å². The van der Waals surface area contributed by atoms with Gasteiger partial charge in [-0.2, -0.15) is 5.10 Å². The molecule has 31 heavy (non-hydrogen) atoms. The Kier molecular flexibility index (Phi) is 4.99. The number of carbonyl (C=O) groups is 1. The van der Waals surface area contributed by atoms with E-state index in [2.05, 4.69) is 20.4 Å². The van der Waals surface area contributed by atoms with Gasteiger partial charge >= 0.3 is 0 Å². The maximum atomic E-state index is 12.6. The highest BCUT2D eigenvalue weighted by Crippen LogP contribution is 2.29. The third-order valence-electron chi connectivity index (χ3n) is 4.93. The van der Waals surface area contributed by atoms with Gasteiger partial charge in [-0.3, -0.25) is 9.78 Å². The molecule has 4 aromatic heterocycles. The van der Waals surface area contributed by atoms with Crippen molar-refractivity contribution in [2.24, 2.45) is 5.73 Å². The van der Waals surface area contributed by atoms with Crippen molar-refractivity contribution >= 4 is 28.6 Å².